The van der Waals surface area contributed by atoms with Crippen LogP contribution in [0.5, 0.6) is 0 Å². The minimum absolute atomic E-state index is 0.0400. The first-order valence-electron chi connectivity index (χ1n) is 16.4. The van der Waals surface area contributed by atoms with Crippen LogP contribution in [0, 0.1) is 11.8 Å². The molecule has 0 amide bonds. The van der Waals surface area contributed by atoms with Crippen LogP contribution in [0.25, 0.3) is 34.0 Å². The summed E-state index contributed by atoms with van der Waals surface area (Å²) in [5.41, 5.74) is 3.30. The summed E-state index contributed by atoms with van der Waals surface area (Å²) in [6.07, 6.45) is 18.8. The topological polar surface area (TPSA) is 105 Å². The molecule has 1 aliphatic heterocycles. The molecular weight excluding hydrogens is 604 g/mol. The lowest BCUT2D eigenvalue weighted by atomic mass is 9.89. The van der Waals surface area contributed by atoms with E-state index in [9.17, 15) is 14.4 Å². The van der Waals surface area contributed by atoms with E-state index in [1.807, 2.05) is 67.6 Å². The number of rotatable bonds is 6. The van der Waals surface area contributed by atoms with Gasteiger partial charge in [-0.15, -0.1) is 0 Å². The van der Waals surface area contributed by atoms with Crippen molar-refractivity contribution in [2.75, 3.05) is 0 Å². The second-order valence-corrected chi connectivity index (χ2v) is 12.3. The van der Waals surface area contributed by atoms with Crippen LogP contribution >= 0.6 is 0 Å². The van der Waals surface area contributed by atoms with Gasteiger partial charge in [0, 0.05) is 47.3 Å². The Kier molecular flexibility index (Phi) is 10.5. The number of hydrogen-bond donors (Lipinski definition) is 0. The molecule has 8 heteroatoms. The Morgan fingerprint density at radius 2 is 1.46 bits per heavy atom. The summed E-state index contributed by atoms with van der Waals surface area (Å²) in [6, 6.07) is 19.5. The molecule has 48 heavy (non-hydrogen) atoms. The molecule has 0 N–H and O–H groups in total. The Labute approximate surface area is 279 Å². The molecule has 5 atom stereocenters. The number of pyridine rings is 2. The molecule has 0 unspecified atom stereocenters. The highest BCUT2D eigenvalue weighted by Crippen LogP contribution is 2.39. The highest BCUT2D eigenvalue weighted by molar-refractivity contribution is 5.90. The Bertz CT molecular complexity index is 1910. The second kappa shape index (κ2) is 15.5. The average Bonchev–Trinajstić information content (AvgIpc) is 3.49. The largest absolute Gasteiger partial charge is 0.460 e. The van der Waals surface area contributed by atoms with Crippen molar-refractivity contribution in [2.45, 2.75) is 57.3 Å². The summed E-state index contributed by atoms with van der Waals surface area (Å²) in [5.74, 6) is -1.77. The lowest BCUT2D eigenvalue weighted by Gasteiger charge is -2.24. The highest BCUT2D eigenvalue weighted by atomic mass is 16.6. The molecule has 1 fully saturated rings. The van der Waals surface area contributed by atoms with Gasteiger partial charge in [0.1, 0.15) is 12.2 Å². The van der Waals surface area contributed by atoms with Gasteiger partial charge in [-0.25, -0.2) is 14.4 Å². The van der Waals surface area contributed by atoms with Gasteiger partial charge in [0.05, 0.1) is 17.1 Å². The van der Waals surface area contributed by atoms with Crippen molar-refractivity contribution >= 4 is 51.9 Å². The SMILES string of the molecule is C[C@H]1CCC/C=C/[C@@H]2C[C@H](OC(=O)/C=C/c3cnc4ccccc4c3)C[C@H]2[C@H](OC(=O)/C=C/c2cnc3ccccc3c2)/C=C/C(=O)O1. The van der Waals surface area contributed by atoms with E-state index in [4.69, 9.17) is 14.2 Å². The molecule has 2 aliphatic rings. The van der Waals surface area contributed by atoms with Crippen molar-refractivity contribution in [3.05, 3.63) is 121 Å². The number of allylic oxidation sites excluding steroid dienone is 2. The summed E-state index contributed by atoms with van der Waals surface area (Å²) >= 11 is 0. The van der Waals surface area contributed by atoms with Crippen LogP contribution < -0.4 is 0 Å². The average molecular weight is 643 g/mol. The molecule has 8 nitrogen and oxygen atoms in total. The van der Waals surface area contributed by atoms with Crippen molar-refractivity contribution < 1.29 is 28.6 Å². The Morgan fingerprint density at radius 1 is 0.833 bits per heavy atom. The first-order chi connectivity index (χ1) is 23.4. The fourth-order valence-electron chi connectivity index (χ4n) is 6.35. The van der Waals surface area contributed by atoms with Gasteiger partial charge in [-0.05, 0) is 98.6 Å². The smallest absolute Gasteiger partial charge is 0.331 e. The number of nitrogens with zero attached hydrogens (tertiary/aromatic N) is 2. The number of benzene rings is 2. The van der Waals surface area contributed by atoms with E-state index < -0.39 is 30.1 Å². The van der Waals surface area contributed by atoms with Crippen LogP contribution in [0.2, 0.25) is 0 Å². The van der Waals surface area contributed by atoms with Crippen LogP contribution in [0.4, 0.5) is 0 Å². The fourth-order valence-corrected chi connectivity index (χ4v) is 6.35. The lowest BCUT2D eigenvalue weighted by Crippen LogP contribution is -2.27. The fraction of sp³-hybridized carbons (Fsp3) is 0.275. The summed E-state index contributed by atoms with van der Waals surface area (Å²) in [5, 5.41) is 1.94. The third-order valence-corrected chi connectivity index (χ3v) is 8.73. The number of fused-ring (bicyclic) bond motifs is 3. The van der Waals surface area contributed by atoms with Gasteiger partial charge in [-0.3, -0.25) is 9.97 Å². The van der Waals surface area contributed by atoms with Gasteiger partial charge in [-0.1, -0.05) is 48.6 Å². The number of carbonyl (C=O) groups excluding carboxylic acids is 3. The van der Waals surface area contributed by atoms with Gasteiger partial charge < -0.3 is 14.2 Å². The van der Waals surface area contributed by atoms with Gasteiger partial charge in [0.25, 0.3) is 0 Å². The van der Waals surface area contributed by atoms with Gasteiger partial charge >= 0.3 is 17.9 Å². The Hall–Kier alpha value is -5.37. The van der Waals surface area contributed by atoms with E-state index in [1.165, 1.54) is 18.2 Å². The van der Waals surface area contributed by atoms with Crippen molar-refractivity contribution in [2.24, 2.45) is 11.8 Å². The molecule has 0 radical (unpaired) electrons. The molecule has 1 aliphatic carbocycles. The molecule has 4 aromatic rings. The first kappa shape index (κ1) is 32.6. The molecule has 0 bridgehead atoms. The number of esters is 3. The Morgan fingerprint density at radius 3 is 2.12 bits per heavy atom. The molecular formula is C40H38N2O6. The molecule has 2 aromatic carbocycles. The van der Waals surface area contributed by atoms with E-state index in [-0.39, 0.29) is 17.9 Å². The first-order valence-corrected chi connectivity index (χ1v) is 16.4. The molecule has 3 heterocycles. The number of hydrogen-bond acceptors (Lipinski definition) is 8. The number of para-hydroxylation sites is 2. The monoisotopic (exact) mass is 642 g/mol. The predicted molar refractivity (Wildman–Crippen MR) is 185 cm³/mol. The van der Waals surface area contributed by atoms with Crippen LogP contribution in [0.1, 0.15) is 50.2 Å². The van der Waals surface area contributed by atoms with Crippen LogP contribution in [0.15, 0.2) is 110 Å². The summed E-state index contributed by atoms with van der Waals surface area (Å²) in [7, 11) is 0. The predicted octanol–water partition coefficient (Wildman–Crippen LogP) is 7.59. The van der Waals surface area contributed by atoms with Crippen molar-refractivity contribution in [1.82, 2.24) is 9.97 Å². The van der Waals surface area contributed by atoms with Crippen molar-refractivity contribution in [1.29, 1.82) is 0 Å². The molecule has 2 aromatic heterocycles. The van der Waals surface area contributed by atoms with Crippen LogP contribution in [-0.4, -0.2) is 46.2 Å². The van der Waals surface area contributed by atoms with Crippen molar-refractivity contribution in [3.63, 3.8) is 0 Å². The lowest BCUT2D eigenvalue weighted by molar-refractivity contribution is -0.146. The van der Waals surface area contributed by atoms with Crippen LogP contribution in [-0.2, 0) is 28.6 Å². The van der Waals surface area contributed by atoms with Crippen LogP contribution in [0.3, 0.4) is 0 Å². The molecule has 1 saturated carbocycles. The second-order valence-electron chi connectivity index (χ2n) is 12.3. The minimum atomic E-state index is -0.752. The standard InChI is InChI=1S/C40H38N2O6/c1-27-9-3-2-4-10-30-23-33(47-39(44)18-15-28-21-31-11-5-7-13-35(31)41-25-28)24-34(30)37(17-20-38(43)46-27)48-40(45)19-16-29-22-32-12-6-8-14-36(32)42-26-29/h4-8,10-22,25-27,30,33-34,37H,2-3,9,23-24H2,1H3/b10-4+,18-15+,19-16+,20-17+/t27-,30+,33-,34+,37+/m0/s1. The van der Waals surface area contributed by atoms with E-state index in [0.717, 1.165) is 52.2 Å². The summed E-state index contributed by atoms with van der Waals surface area (Å²) in [6.45, 7) is 1.87. The summed E-state index contributed by atoms with van der Waals surface area (Å²) < 4.78 is 17.4. The maximum Gasteiger partial charge on any atom is 0.331 e. The highest BCUT2D eigenvalue weighted by Gasteiger charge is 2.40. The normalized spacial score (nSPS) is 24.7. The maximum atomic E-state index is 13.2. The zero-order chi connectivity index (χ0) is 33.3. The van der Waals surface area contributed by atoms with E-state index in [2.05, 4.69) is 22.1 Å². The quantitative estimate of drug-likeness (QED) is 0.0917. The maximum absolute atomic E-state index is 13.2. The zero-order valence-corrected chi connectivity index (χ0v) is 26.8. The van der Waals surface area contributed by atoms with E-state index in [1.54, 1.807) is 30.6 Å². The van der Waals surface area contributed by atoms with E-state index in [0.29, 0.717) is 12.8 Å². The molecule has 6 rings (SSSR count). The Balaban J connectivity index is 1.17. The number of carbonyl (C=O) groups is 3. The molecule has 244 valence electrons. The number of cyclic esters (lactones) is 1. The number of aromatic nitrogens is 2. The molecule has 0 spiro atoms. The molecule has 0 saturated heterocycles. The number of ether oxygens (including phenoxy) is 3. The summed E-state index contributed by atoms with van der Waals surface area (Å²) in [4.78, 5) is 47.6. The van der Waals surface area contributed by atoms with Gasteiger partial charge in [0.2, 0.25) is 0 Å². The van der Waals surface area contributed by atoms with E-state index >= 15 is 0 Å². The third-order valence-electron chi connectivity index (χ3n) is 8.73. The minimum Gasteiger partial charge on any atom is -0.460 e. The van der Waals surface area contributed by atoms with Gasteiger partial charge in [0.15, 0.2) is 0 Å². The van der Waals surface area contributed by atoms with Gasteiger partial charge in [-0.2, -0.15) is 0 Å². The zero-order valence-electron chi connectivity index (χ0n) is 26.8. The third kappa shape index (κ3) is 8.70. The van der Waals surface area contributed by atoms with Crippen molar-refractivity contribution in [3.8, 4) is 0 Å².